The van der Waals surface area contributed by atoms with E-state index in [-0.39, 0.29) is 0 Å². The molecular weight excluding hydrogens is 280 g/mol. The van der Waals surface area contributed by atoms with E-state index in [4.69, 9.17) is 0 Å². The molecule has 0 fully saturated rings. The standard InChI is InChI=1S/C16H24N4S/c1-4-17-9-14-6-5-7-15(8-14)21-11-16-18-12-19-20(16)10-13(2)3/h5-8,12-13,17H,4,9-11H2,1-3H3. The molecule has 0 aliphatic heterocycles. The Bertz CT molecular complexity index is 551. The van der Waals surface area contributed by atoms with Crippen LogP contribution in [0.4, 0.5) is 0 Å². The van der Waals surface area contributed by atoms with Crippen molar-refractivity contribution in [2.24, 2.45) is 5.92 Å². The second-order valence-electron chi connectivity index (χ2n) is 5.47. The highest BCUT2D eigenvalue weighted by Crippen LogP contribution is 2.23. The van der Waals surface area contributed by atoms with Gasteiger partial charge >= 0.3 is 0 Å². The van der Waals surface area contributed by atoms with Gasteiger partial charge in [0.1, 0.15) is 12.2 Å². The lowest BCUT2D eigenvalue weighted by Gasteiger charge is -2.09. The average molecular weight is 304 g/mol. The number of hydrogen-bond acceptors (Lipinski definition) is 4. The van der Waals surface area contributed by atoms with Crippen LogP contribution in [0.25, 0.3) is 0 Å². The topological polar surface area (TPSA) is 42.7 Å². The highest BCUT2D eigenvalue weighted by atomic mass is 32.2. The molecule has 114 valence electrons. The van der Waals surface area contributed by atoms with E-state index in [1.807, 2.05) is 16.4 Å². The molecule has 0 saturated carbocycles. The van der Waals surface area contributed by atoms with Crippen molar-refractivity contribution in [3.8, 4) is 0 Å². The summed E-state index contributed by atoms with van der Waals surface area (Å²) in [5.41, 5.74) is 1.32. The monoisotopic (exact) mass is 304 g/mol. The number of nitrogens with one attached hydrogen (secondary N) is 1. The van der Waals surface area contributed by atoms with E-state index in [2.05, 4.69) is 60.4 Å². The molecule has 0 spiro atoms. The molecule has 4 nitrogen and oxygen atoms in total. The van der Waals surface area contributed by atoms with Crippen LogP contribution in [-0.2, 0) is 18.8 Å². The number of thioether (sulfide) groups is 1. The van der Waals surface area contributed by atoms with Crippen LogP contribution in [0.3, 0.4) is 0 Å². The summed E-state index contributed by atoms with van der Waals surface area (Å²) in [6, 6.07) is 8.68. The van der Waals surface area contributed by atoms with Gasteiger partial charge in [0, 0.05) is 18.0 Å². The molecule has 0 amide bonds. The summed E-state index contributed by atoms with van der Waals surface area (Å²) in [6.07, 6.45) is 1.65. The fourth-order valence-corrected chi connectivity index (χ4v) is 2.99. The third kappa shape index (κ3) is 5.17. The quantitative estimate of drug-likeness (QED) is 0.760. The van der Waals surface area contributed by atoms with Crippen molar-refractivity contribution >= 4 is 11.8 Å². The average Bonchev–Trinajstić information content (AvgIpc) is 2.90. The largest absolute Gasteiger partial charge is 0.313 e. The Kier molecular flexibility index (Phi) is 6.26. The smallest absolute Gasteiger partial charge is 0.138 e. The van der Waals surface area contributed by atoms with Crippen LogP contribution in [0.15, 0.2) is 35.5 Å². The second-order valence-corrected chi connectivity index (χ2v) is 6.52. The van der Waals surface area contributed by atoms with Gasteiger partial charge in [0.2, 0.25) is 0 Å². The number of nitrogens with zero attached hydrogens (tertiary/aromatic N) is 3. The maximum absolute atomic E-state index is 4.38. The first-order valence-electron chi connectivity index (χ1n) is 7.48. The van der Waals surface area contributed by atoms with Crippen molar-refractivity contribution in [2.45, 2.75) is 44.5 Å². The van der Waals surface area contributed by atoms with Crippen LogP contribution in [0.5, 0.6) is 0 Å². The molecule has 0 unspecified atom stereocenters. The summed E-state index contributed by atoms with van der Waals surface area (Å²) in [4.78, 5) is 5.66. The Labute approximate surface area is 131 Å². The lowest BCUT2D eigenvalue weighted by molar-refractivity contribution is 0.472. The minimum atomic E-state index is 0.582. The first kappa shape index (κ1) is 16.0. The third-order valence-electron chi connectivity index (χ3n) is 3.08. The molecule has 5 heteroatoms. The maximum atomic E-state index is 4.38. The summed E-state index contributed by atoms with van der Waals surface area (Å²) >= 11 is 1.82. The van der Waals surface area contributed by atoms with E-state index in [0.29, 0.717) is 5.92 Å². The first-order chi connectivity index (χ1) is 10.2. The Hall–Kier alpha value is -1.33. The fourth-order valence-electron chi connectivity index (χ4n) is 2.06. The van der Waals surface area contributed by atoms with Gasteiger partial charge in [-0.3, -0.25) is 0 Å². The van der Waals surface area contributed by atoms with Gasteiger partial charge in [-0.2, -0.15) is 5.10 Å². The number of hydrogen-bond donors (Lipinski definition) is 1. The minimum Gasteiger partial charge on any atom is -0.313 e. The van der Waals surface area contributed by atoms with Crippen LogP contribution >= 0.6 is 11.8 Å². The Morgan fingerprint density at radius 2 is 2.19 bits per heavy atom. The molecule has 1 N–H and O–H groups in total. The fraction of sp³-hybridized carbons (Fsp3) is 0.500. The Morgan fingerprint density at radius 1 is 1.33 bits per heavy atom. The highest BCUT2D eigenvalue weighted by Gasteiger charge is 2.07. The summed E-state index contributed by atoms with van der Waals surface area (Å²) < 4.78 is 2.01. The van der Waals surface area contributed by atoms with Gasteiger partial charge in [0.25, 0.3) is 0 Å². The SMILES string of the molecule is CCNCc1cccc(SCc2ncnn2CC(C)C)c1. The van der Waals surface area contributed by atoms with E-state index in [0.717, 1.165) is 31.2 Å². The summed E-state index contributed by atoms with van der Waals surface area (Å²) in [7, 11) is 0. The Balaban J connectivity index is 1.95. The van der Waals surface area contributed by atoms with Crippen molar-refractivity contribution in [3.63, 3.8) is 0 Å². The molecule has 0 bridgehead atoms. The van der Waals surface area contributed by atoms with Gasteiger partial charge in [0.15, 0.2) is 0 Å². The van der Waals surface area contributed by atoms with E-state index < -0.39 is 0 Å². The van der Waals surface area contributed by atoms with Crippen LogP contribution in [0.1, 0.15) is 32.2 Å². The lowest BCUT2D eigenvalue weighted by atomic mass is 10.2. The molecule has 1 aromatic heterocycles. The molecule has 21 heavy (non-hydrogen) atoms. The van der Waals surface area contributed by atoms with Crippen LogP contribution in [0.2, 0.25) is 0 Å². The molecule has 2 rings (SSSR count). The summed E-state index contributed by atoms with van der Waals surface area (Å²) in [5, 5.41) is 7.67. The van der Waals surface area contributed by atoms with Crippen LogP contribution < -0.4 is 5.32 Å². The van der Waals surface area contributed by atoms with Gasteiger partial charge in [-0.05, 0) is 30.2 Å². The number of rotatable bonds is 8. The van der Waals surface area contributed by atoms with E-state index in [1.165, 1.54) is 10.5 Å². The van der Waals surface area contributed by atoms with E-state index in [9.17, 15) is 0 Å². The molecule has 0 saturated heterocycles. The minimum absolute atomic E-state index is 0.582. The van der Waals surface area contributed by atoms with Gasteiger partial charge in [-0.25, -0.2) is 9.67 Å². The van der Waals surface area contributed by atoms with Crippen LogP contribution in [-0.4, -0.2) is 21.3 Å². The summed E-state index contributed by atoms with van der Waals surface area (Å²) in [6.45, 7) is 9.37. The van der Waals surface area contributed by atoms with E-state index in [1.54, 1.807) is 6.33 Å². The molecule has 0 aliphatic carbocycles. The van der Waals surface area contributed by atoms with Crippen molar-refractivity contribution in [2.75, 3.05) is 6.54 Å². The Morgan fingerprint density at radius 3 is 2.95 bits per heavy atom. The van der Waals surface area contributed by atoms with Crippen molar-refractivity contribution in [1.29, 1.82) is 0 Å². The third-order valence-corrected chi connectivity index (χ3v) is 4.07. The first-order valence-corrected chi connectivity index (χ1v) is 8.46. The van der Waals surface area contributed by atoms with Crippen molar-refractivity contribution < 1.29 is 0 Å². The second kappa shape index (κ2) is 8.20. The van der Waals surface area contributed by atoms with Crippen molar-refractivity contribution in [3.05, 3.63) is 42.0 Å². The van der Waals surface area contributed by atoms with Gasteiger partial charge in [-0.1, -0.05) is 32.9 Å². The van der Waals surface area contributed by atoms with Crippen LogP contribution in [0, 0.1) is 5.92 Å². The maximum Gasteiger partial charge on any atom is 0.138 e. The molecule has 1 aromatic carbocycles. The van der Waals surface area contributed by atoms with Crippen molar-refractivity contribution in [1.82, 2.24) is 20.1 Å². The van der Waals surface area contributed by atoms with Gasteiger partial charge < -0.3 is 5.32 Å². The molecule has 0 atom stereocenters. The highest BCUT2D eigenvalue weighted by molar-refractivity contribution is 7.98. The predicted octanol–water partition coefficient (Wildman–Crippen LogP) is 3.34. The normalized spacial score (nSPS) is 11.2. The van der Waals surface area contributed by atoms with Gasteiger partial charge in [0.05, 0.1) is 5.75 Å². The zero-order valence-corrected chi connectivity index (χ0v) is 13.9. The molecule has 1 heterocycles. The lowest BCUT2D eigenvalue weighted by Crippen LogP contribution is -2.11. The van der Waals surface area contributed by atoms with E-state index >= 15 is 0 Å². The zero-order chi connectivity index (χ0) is 15.1. The predicted molar refractivity (Wildman–Crippen MR) is 88.2 cm³/mol. The number of benzene rings is 1. The summed E-state index contributed by atoms with van der Waals surface area (Å²) in [5.74, 6) is 2.49. The molecule has 0 radical (unpaired) electrons. The molecular formula is C16H24N4S. The van der Waals surface area contributed by atoms with Gasteiger partial charge in [-0.15, -0.1) is 11.8 Å². The zero-order valence-electron chi connectivity index (χ0n) is 13.0. The molecule has 2 aromatic rings. The number of aromatic nitrogens is 3. The molecule has 0 aliphatic rings.